The van der Waals surface area contributed by atoms with E-state index in [0.29, 0.717) is 0 Å². The average molecular weight is 227 g/mol. The highest BCUT2D eigenvalue weighted by atomic mass is 16.1. The maximum absolute atomic E-state index is 11.4. The lowest BCUT2D eigenvalue weighted by atomic mass is 9.94. The molecule has 0 amide bonds. The minimum atomic E-state index is -0.0174. The second-order valence-electron chi connectivity index (χ2n) is 4.67. The van der Waals surface area contributed by atoms with Crippen molar-refractivity contribution in [1.29, 1.82) is 0 Å². The molecule has 2 rings (SSSR count). The molecule has 0 aliphatic rings. The fraction of sp³-hybridized carbons (Fsp3) is 0.267. The largest absolute Gasteiger partial charge is 0.328 e. The smallest absolute Gasteiger partial charge is 0.250 e. The zero-order valence-corrected chi connectivity index (χ0v) is 10.7. The first kappa shape index (κ1) is 11.6. The van der Waals surface area contributed by atoms with Crippen molar-refractivity contribution in [2.45, 2.75) is 27.7 Å². The summed E-state index contributed by atoms with van der Waals surface area (Å²) in [4.78, 5) is 14.2. The van der Waals surface area contributed by atoms with Gasteiger partial charge in [0.05, 0.1) is 0 Å². The van der Waals surface area contributed by atoms with Crippen molar-refractivity contribution in [3.63, 3.8) is 0 Å². The molecule has 0 unspecified atom stereocenters. The van der Waals surface area contributed by atoms with Gasteiger partial charge in [0, 0.05) is 11.8 Å². The molecule has 2 aromatic rings. The van der Waals surface area contributed by atoms with E-state index in [9.17, 15) is 4.79 Å². The number of hydrogen-bond acceptors (Lipinski definition) is 1. The van der Waals surface area contributed by atoms with Crippen LogP contribution >= 0.6 is 0 Å². The normalized spacial score (nSPS) is 10.6. The fourth-order valence-electron chi connectivity index (χ4n) is 2.38. The van der Waals surface area contributed by atoms with Gasteiger partial charge in [0.15, 0.2) is 0 Å². The molecule has 1 aromatic heterocycles. The molecule has 17 heavy (non-hydrogen) atoms. The highest BCUT2D eigenvalue weighted by Gasteiger charge is 2.07. The van der Waals surface area contributed by atoms with E-state index in [0.717, 1.165) is 11.1 Å². The molecule has 88 valence electrons. The summed E-state index contributed by atoms with van der Waals surface area (Å²) < 4.78 is 0. The van der Waals surface area contributed by atoms with Gasteiger partial charge in [-0.05, 0) is 56.0 Å². The van der Waals surface area contributed by atoms with Gasteiger partial charge in [-0.3, -0.25) is 4.79 Å². The van der Waals surface area contributed by atoms with Gasteiger partial charge < -0.3 is 4.98 Å². The Morgan fingerprint density at radius 1 is 0.882 bits per heavy atom. The molecule has 0 atom stereocenters. The SMILES string of the molecule is Cc1cc(C)c(-c2c[nH]c(=O)c(C)c2)c(C)c1. The molecule has 0 bridgehead atoms. The number of benzene rings is 1. The van der Waals surface area contributed by atoms with Crippen LogP contribution in [0.2, 0.25) is 0 Å². The summed E-state index contributed by atoms with van der Waals surface area (Å²) in [7, 11) is 0. The van der Waals surface area contributed by atoms with Gasteiger partial charge in [-0.2, -0.15) is 0 Å². The van der Waals surface area contributed by atoms with Crippen LogP contribution < -0.4 is 5.56 Å². The summed E-state index contributed by atoms with van der Waals surface area (Å²) in [5.74, 6) is 0. The van der Waals surface area contributed by atoms with Crippen LogP contribution in [0.5, 0.6) is 0 Å². The van der Waals surface area contributed by atoms with Crippen LogP contribution in [0, 0.1) is 27.7 Å². The molecule has 0 radical (unpaired) electrons. The molecule has 1 heterocycles. The number of aromatic amines is 1. The van der Waals surface area contributed by atoms with Crippen molar-refractivity contribution in [1.82, 2.24) is 4.98 Å². The Kier molecular flexibility index (Phi) is 2.88. The summed E-state index contributed by atoms with van der Waals surface area (Å²) >= 11 is 0. The van der Waals surface area contributed by atoms with Gasteiger partial charge in [-0.25, -0.2) is 0 Å². The Balaban J connectivity index is 2.68. The molecule has 1 aromatic carbocycles. The highest BCUT2D eigenvalue weighted by molar-refractivity contribution is 5.71. The monoisotopic (exact) mass is 227 g/mol. The molecule has 0 saturated carbocycles. The van der Waals surface area contributed by atoms with Crippen LogP contribution in [-0.2, 0) is 0 Å². The molecule has 0 aliphatic carbocycles. The average Bonchev–Trinajstić information content (AvgIpc) is 2.21. The van der Waals surface area contributed by atoms with E-state index in [1.54, 1.807) is 6.20 Å². The topological polar surface area (TPSA) is 32.9 Å². The van der Waals surface area contributed by atoms with Crippen LogP contribution in [0.3, 0.4) is 0 Å². The van der Waals surface area contributed by atoms with Gasteiger partial charge in [-0.1, -0.05) is 17.7 Å². The van der Waals surface area contributed by atoms with E-state index < -0.39 is 0 Å². The summed E-state index contributed by atoms with van der Waals surface area (Å²) in [5, 5.41) is 0. The molecule has 0 spiro atoms. The van der Waals surface area contributed by atoms with Crippen molar-refractivity contribution < 1.29 is 0 Å². The van der Waals surface area contributed by atoms with Crippen molar-refractivity contribution in [3.05, 3.63) is 57.0 Å². The number of aromatic nitrogens is 1. The summed E-state index contributed by atoms with van der Waals surface area (Å²) in [5.41, 5.74) is 6.79. The van der Waals surface area contributed by atoms with Crippen molar-refractivity contribution >= 4 is 0 Å². The predicted molar refractivity (Wildman–Crippen MR) is 71.4 cm³/mol. The first-order valence-corrected chi connectivity index (χ1v) is 5.76. The second kappa shape index (κ2) is 4.21. The van der Waals surface area contributed by atoms with Gasteiger partial charge in [0.1, 0.15) is 0 Å². The van der Waals surface area contributed by atoms with Crippen LogP contribution in [-0.4, -0.2) is 4.98 Å². The summed E-state index contributed by atoms with van der Waals surface area (Å²) in [6.45, 7) is 8.15. The molecule has 2 nitrogen and oxygen atoms in total. The van der Waals surface area contributed by atoms with E-state index in [-0.39, 0.29) is 5.56 Å². The fourth-order valence-corrected chi connectivity index (χ4v) is 2.38. The Morgan fingerprint density at radius 2 is 1.47 bits per heavy atom. The maximum Gasteiger partial charge on any atom is 0.250 e. The van der Waals surface area contributed by atoms with E-state index in [1.807, 2.05) is 13.0 Å². The van der Waals surface area contributed by atoms with Crippen molar-refractivity contribution in [2.75, 3.05) is 0 Å². The molecule has 0 saturated heterocycles. The Hall–Kier alpha value is -1.83. The van der Waals surface area contributed by atoms with Crippen LogP contribution in [0.4, 0.5) is 0 Å². The second-order valence-corrected chi connectivity index (χ2v) is 4.67. The lowest BCUT2D eigenvalue weighted by Crippen LogP contribution is -2.08. The molecular formula is C15H17NO. The highest BCUT2D eigenvalue weighted by Crippen LogP contribution is 2.27. The van der Waals surface area contributed by atoms with E-state index in [1.165, 1.54) is 22.3 Å². The Bertz CT molecular complexity index is 600. The number of pyridine rings is 1. The number of nitrogens with one attached hydrogen (secondary N) is 1. The Morgan fingerprint density at radius 3 is 2.00 bits per heavy atom. The first-order valence-electron chi connectivity index (χ1n) is 5.76. The standard InChI is InChI=1S/C15H17NO/c1-9-5-10(2)14(11(3)6-9)13-7-12(4)15(17)16-8-13/h5-8H,1-4H3,(H,16,17). The molecule has 1 N–H and O–H groups in total. The third-order valence-electron chi connectivity index (χ3n) is 3.05. The zero-order chi connectivity index (χ0) is 12.6. The quantitative estimate of drug-likeness (QED) is 0.796. The molecule has 0 fully saturated rings. The minimum Gasteiger partial charge on any atom is -0.328 e. The molecular weight excluding hydrogens is 210 g/mol. The number of rotatable bonds is 1. The summed E-state index contributed by atoms with van der Waals surface area (Å²) in [6, 6.07) is 6.29. The van der Waals surface area contributed by atoms with Crippen molar-refractivity contribution in [2.24, 2.45) is 0 Å². The first-order chi connectivity index (χ1) is 7.99. The molecule has 0 aliphatic heterocycles. The van der Waals surface area contributed by atoms with Crippen LogP contribution in [0.15, 0.2) is 29.2 Å². The molecule has 2 heteroatoms. The number of H-pyrrole nitrogens is 1. The maximum atomic E-state index is 11.4. The predicted octanol–water partition coefficient (Wildman–Crippen LogP) is 3.28. The van der Waals surface area contributed by atoms with Gasteiger partial charge in [0.2, 0.25) is 0 Å². The van der Waals surface area contributed by atoms with Gasteiger partial charge >= 0.3 is 0 Å². The lowest BCUT2D eigenvalue weighted by Gasteiger charge is -2.11. The Labute approximate surface area is 101 Å². The number of aryl methyl sites for hydroxylation is 4. The number of hydrogen-bond donors (Lipinski definition) is 1. The van der Waals surface area contributed by atoms with Crippen molar-refractivity contribution in [3.8, 4) is 11.1 Å². The van der Waals surface area contributed by atoms with E-state index in [4.69, 9.17) is 0 Å². The summed E-state index contributed by atoms with van der Waals surface area (Å²) in [6.07, 6.45) is 1.79. The lowest BCUT2D eigenvalue weighted by molar-refractivity contribution is 1.18. The van der Waals surface area contributed by atoms with Gasteiger partial charge in [-0.15, -0.1) is 0 Å². The third-order valence-corrected chi connectivity index (χ3v) is 3.05. The van der Waals surface area contributed by atoms with E-state index >= 15 is 0 Å². The van der Waals surface area contributed by atoms with Crippen LogP contribution in [0.1, 0.15) is 22.3 Å². The van der Waals surface area contributed by atoms with E-state index in [2.05, 4.69) is 37.9 Å². The van der Waals surface area contributed by atoms with Gasteiger partial charge in [0.25, 0.3) is 5.56 Å². The zero-order valence-electron chi connectivity index (χ0n) is 10.7. The minimum absolute atomic E-state index is 0.0174. The van der Waals surface area contributed by atoms with Crippen LogP contribution in [0.25, 0.3) is 11.1 Å². The third kappa shape index (κ3) is 2.16.